The van der Waals surface area contributed by atoms with Crippen molar-refractivity contribution in [2.75, 3.05) is 6.61 Å². The van der Waals surface area contributed by atoms with E-state index in [4.69, 9.17) is 0 Å². The maximum absolute atomic E-state index is 10.4. The van der Waals surface area contributed by atoms with Crippen LogP contribution in [-0.2, 0) is 9.53 Å². The lowest BCUT2D eigenvalue weighted by atomic mass is 10.2. The van der Waals surface area contributed by atoms with Gasteiger partial charge in [0.2, 0.25) is 0 Å². The standard InChI is InChI=1S/C7H11O2/c1-4-7(8)9-5-6(2)3/h4H,1,5H2,2-3H3. The summed E-state index contributed by atoms with van der Waals surface area (Å²) in [4.78, 5) is 10.4. The Kier molecular flexibility index (Phi) is 3.76. The van der Waals surface area contributed by atoms with Crippen molar-refractivity contribution in [1.29, 1.82) is 0 Å². The van der Waals surface area contributed by atoms with Gasteiger partial charge < -0.3 is 4.74 Å². The predicted molar refractivity (Wildman–Crippen MR) is 35.7 cm³/mol. The van der Waals surface area contributed by atoms with Crippen molar-refractivity contribution in [3.05, 3.63) is 18.6 Å². The smallest absolute Gasteiger partial charge is 0.330 e. The summed E-state index contributed by atoms with van der Waals surface area (Å²) in [5.74, 6) is 0.710. The van der Waals surface area contributed by atoms with Crippen LogP contribution in [0.25, 0.3) is 0 Å². The van der Waals surface area contributed by atoms with Crippen LogP contribution in [0.5, 0.6) is 0 Å². The van der Waals surface area contributed by atoms with E-state index >= 15 is 0 Å². The summed E-state index contributed by atoms with van der Waals surface area (Å²) < 4.78 is 4.66. The molecule has 0 N–H and O–H groups in total. The van der Waals surface area contributed by atoms with Crippen LogP contribution < -0.4 is 0 Å². The fourth-order valence-electron chi connectivity index (χ4n) is 0.274. The molecule has 0 aliphatic carbocycles. The van der Waals surface area contributed by atoms with Gasteiger partial charge >= 0.3 is 5.97 Å². The number of hydrogen-bond donors (Lipinski definition) is 0. The zero-order valence-corrected chi connectivity index (χ0v) is 5.81. The molecule has 0 bridgehead atoms. The molecule has 0 unspecified atom stereocenters. The Morgan fingerprint density at radius 2 is 2.22 bits per heavy atom. The van der Waals surface area contributed by atoms with E-state index in [-0.39, 0.29) is 5.97 Å². The quantitative estimate of drug-likeness (QED) is 0.422. The molecule has 0 saturated carbocycles. The van der Waals surface area contributed by atoms with Crippen molar-refractivity contribution in [2.24, 2.45) is 0 Å². The second kappa shape index (κ2) is 4.13. The van der Waals surface area contributed by atoms with E-state index in [1.165, 1.54) is 0 Å². The molecule has 2 heteroatoms. The maximum Gasteiger partial charge on any atom is 0.330 e. The first-order chi connectivity index (χ1) is 4.16. The number of ether oxygens (including phenoxy) is 1. The molecule has 0 aliphatic heterocycles. The molecule has 0 amide bonds. The van der Waals surface area contributed by atoms with Gasteiger partial charge in [-0.05, 0) is 0 Å². The molecule has 0 heterocycles. The first-order valence-electron chi connectivity index (χ1n) is 2.75. The number of carbonyl (C=O) groups is 1. The van der Waals surface area contributed by atoms with Gasteiger partial charge in [0.15, 0.2) is 0 Å². The fourth-order valence-corrected chi connectivity index (χ4v) is 0.274. The summed E-state index contributed by atoms with van der Waals surface area (Å²) in [6.07, 6.45) is 1.16. The molecule has 0 aromatic carbocycles. The van der Waals surface area contributed by atoms with E-state index in [1.54, 1.807) is 0 Å². The highest BCUT2D eigenvalue weighted by Crippen LogP contribution is 1.94. The minimum Gasteiger partial charge on any atom is -0.462 e. The van der Waals surface area contributed by atoms with Gasteiger partial charge in [-0.25, -0.2) is 4.79 Å². The average Bonchev–Trinajstić information content (AvgIpc) is 1.83. The Morgan fingerprint density at radius 1 is 1.67 bits per heavy atom. The van der Waals surface area contributed by atoms with Crippen molar-refractivity contribution in [3.63, 3.8) is 0 Å². The molecule has 0 aliphatic rings. The topological polar surface area (TPSA) is 26.3 Å². The minimum absolute atomic E-state index is 0.365. The number of hydrogen-bond acceptors (Lipinski definition) is 2. The Bertz CT molecular complexity index is 105. The van der Waals surface area contributed by atoms with Crippen LogP contribution in [0.3, 0.4) is 0 Å². The molecule has 0 rings (SSSR count). The molecule has 1 radical (unpaired) electrons. The van der Waals surface area contributed by atoms with Crippen molar-refractivity contribution < 1.29 is 9.53 Å². The third-order valence-electron chi connectivity index (χ3n) is 0.670. The van der Waals surface area contributed by atoms with Gasteiger partial charge in [0.25, 0.3) is 0 Å². The molecule has 0 fully saturated rings. The normalized spacial score (nSPS) is 9.22. The number of rotatable bonds is 3. The van der Waals surface area contributed by atoms with Crippen molar-refractivity contribution in [3.8, 4) is 0 Å². The van der Waals surface area contributed by atoms with E-state index in [0.29, 0.717) is 6.61 Å². The molecule has 2 nitrogen and oxygen atoms in total. The summed E-state index contributed by atoms with van der Waals surface area (Å²) in [5, 5.41) is 0. The van der Waals surface area contributed by atoms with Gasteiger partial charge in [0, 0.05) is 12.0 Å². The molecule has 0 atom stereocenters. The van der Waals surface area contributed by atoms with Gasteiger partial charge in [-0.2, -0.15) is 0 Å². The van der Waals surface area contributed by atoms with Crippen molar-refractivity contribution in [1.82, 2.24) is 0 Å². The monoisotopic (exact) mass is 127 g/mol. The van der Waals surface area contributed by atoms with E-state index in [2.05, 4.69) is 11.3 Å². The van der Waals surface area contributed by atoms with Crippen molar-refractivity contribution in [2.45, 2.75) is 13.8 Å². The van der Waals surface area contributed by atoms with E-state index in [9.17, 15) is 4.79 Å². The minimum atomic E-state index is -0.365. The SMILES string of the molecule is C=CC(=O)OC[C](C)C. The lowest BCUT2D eigenvalue weighted by Gasteiger charge is -2.02. The van der Waals surface area contributed by atoms with Crippen LogP contribution in [0.4, 0.5) is 0 Å². The van der Waals surface area contributed by atoms with E-state index < -0.39 is 0 Å². The largest absolute Gasteiger partial charge is 0.462 e. The molecular formula is C7H11O2. The lowest BCUT2D eigenvalue weighted by molar-refractivity contribution is -0.137. The van der Waals surface area contributed by atoms with Crippen LogP contribution >= 0.6 is 0 Å². The summed E-state index contributed by atoms with van der Waals surface area (Å²) in [6.45, 7) is 7.45. The zero-order valence-electron chi connectivity index (χ0n) is 5.81. The van der Waals surface area contributed by atoms with Crippen LogP contribution in [0.2, 0.25) is 0 Å². The molecule has 0 saturated heterocycles. The van der Waals surface area contributed by atoms with Gasteiger partial charge in [0.05, 0.1) is 6.61 Å². The summed E-state index contributed by atoms with van der Waals surface area (Å²) in [6, 6.07) is 0. The van der Waals surface area contributed by atoms with Crippen LogP contribution in [0.1, 0.15) is 13.8 Å². The third kappa shape index (κ3) is 5.07. The Balaban J connectivity index is 3.27. The van der Waals surface area contributed by atoms with Crippen LogP contribution in [0, 0.1) is 5.92 Å². The van der Waals surface area contributed by atoms with Gasteiger partial charge in [-0.15, -0.1) is 0 Å². The lowest BCUT2D eigenvalue weighted by Crippen LogP contribution is -2.05. The highest BCUT2D eigenvalue weighted by molar-refractivity contribution is 5.81. The third-order valence-corrected chi connectivity index (χ3v) is 0.670. The Labute approximate surface area is 55.5 Å². The summed E-state index contributed by atoms with van der Waals surface area (Å²) in [5.41, 5.74) is 0. The van der Waals surface area contributed by atoms with Gasteiger partial charge in [-0.1, -0.05) is 20.4 Å². The highest BCUT2D eigenvalue weighted by atomic mass is 16.5. The Morgan fingerprint density at radius 3 is 2.56 bits per heavy atom. The predicted octanol–water partition coefficient (Wildman–Crippen LogP) is 1.33. The summed E-state index contributed by atoms with van der Waals surface area (Å²) in [7, 11) is 0. The molecule has 0 aromatic rings. The fraction of sp³-hybridized carbons (Fsp3) is 0.429. The molecule has 51 valence electrons. The van der Waals surface area contributed by atoms with Crippen LogP contribution in [0.15, 0.2) is 12.7 Å². The van der Waals surface area contributed by atoms with E-state index in [1.807, 2.05) is 13.8 Å². The van der Waals surface area contributed by atoms with Gasteiger partial charge in [-0.3, -0.25) is 0 Å². The summed E-state index contributed by atoms with van der Waals surface area (Å²) >= 11 is 0. The van der Waals surface area contributed by atoms with Crippen LogP contribution in [-0.4, -0.2) is 12.6 Å². The highest BCUT2D eigenvalue weighted by Gasteiger charge is 1.97. The average molecular weight is 127 g/mol. The Hall–Kier alpha value is -0.790. The molecule has 0 spiro atoms. The first kappa shape index (κ1) is 8.21. The number of carbonyl (C=O) groups excluding carboxylic acids is 1. The molecule has 0 aromatic heterocycles. The molecular weight excluding hydrogens is 116 g/mol. The number of esters is 1. The second-order valence-electron chi connectivity index (χ2n) is 2.02. The van der Waals surface area contributed by atoms with E-state index in [0.717, 1.165) is 12.0 Å². The maximum atomic E-state index is 10.4. The van der Waals surface area contributed by atoms with Gasteiger partial charge in [0.1, 0.15) is 0 Å². The zero-order chi connectivity index (χ0) is 7.28. The molecule has 9 heavy (non-hydrogen) atoms. The second-order valence-corrected chi connectivity index (χ2v) is 2.02. The first-order valence-corrected chi connectivity index (χ1v) is 2.75. The van der Waals surface area contributed by atoms with Crippen molar-refractivity contribution >= 4 is 5.97 Å².